The molecule has 0 atom stereocenters. The number of allylic oxidation sites excluding steroid dienone is 1. The minimum absolute atomic E-state index is 0.712. The van der Waals surface area contributed by atoms with Crippen LogP contribution in [-0.4, -0.2) is 0 Å². The van der Waals surface area contributed by atoms with Crippen LogP contribution in [0.1, 0.15) is 15.3 Å². The second-order valence-electron chi connectivity index (χ2n) is 4.64. The van der Waals surface area contributed by atoms with Gasteiger partial charge in [0.15, 0.2) is 0 Å². The molecule has 0 saturated carbocycles. The molecule has 0 radical (unpaired) electrons. The second-order valence-corrected chi connectivity index (χ2v) is 5.96. The quantitative estimate of drug-likeness (QED) is 0.584. The molecule has 0 aliphatic heterocycles. The Morgan fingerprint density at radius 3 is 2.60 bits per heavy atom. The highest BCUT2D eigenvalue weighted by molar-refractivity contribution is 7.12. The summed E-state index contributed by atoms with van der Waals surface area (Å²) in [7, 11) is 0. The lowest BCUT2D eigenvalue weighted by Gasteiger charge is -2.04. The van der Waals surface area contributed by atoms with Gasteiger partial charge in [-0.3, -0.25) is 0 Å². The number of benzene rings is 2. The molecule has 0 saturated heterocycles. The van der Waals surface area contributed by atoms with E-state index in [1.54, 1.807) is 11.3 Å². The second kappa shape index (κ2) is 5.32. The Morgan fingerprint density at radius 1 is 1.05 bits per heavy atom. The van der Waals surface area contributed by atoms with Gasteiger partial charge in [0.05, 0.1) is 11.6 Å². The van der Waals surface area contributed by atoms with E-state index < -0.39 is 0 Å². The van der Waals surface area contributed by atoms with Crippen LogP contribution < -0.4 is 0 Å². The highest BCUT2D eigenvalue weighted by Crippen LogP contribution is 2.28. The number of aryl methyl sites for hydroxylation is 1. The minimum atomic E-state index is 0.712. The van der Waals surface area contributed by atoms with E-state index in [2.05, 4.69) is 43.3 Å². The van der Waals surface area contributed by atoms with E-state index in [1.165, 1.54) is 4.88 Å². The highest BCUT2D eigenvalue weighted by Gasteiger charge is 2.06. The summed E-state index contributed by atoms with van der Waals surface area (Å²) in [5.41, 5.74) is 1.71. The molecule has 96 valence electrons. The van der Waals surface area contributed by atoms with Gasteiger partial charge in [-0.15, -0.1) is 11.3 Å². The zero-order valence-corrected chi connectivity index (χ0v) is 11.9. The van der Waals surface area contributed by atoms with Gasteiger partial charge in [-0.1, -0.05) is 42.5 Å². The first-order valence-electron chi connectivity index (χ1n) is 6.44. The van der Waals surface area contributed by atoms with Crippen LogP contribution in [0.3, 0.4) is 0 Å². The smallest absolute Gasteiger partial charge is 0.0998 e. The van der Waals surface area contributed by atoms with Crippen LogP contribution in [0.5, 0.6) is 0 Å². The van der Waals surface area contributed by atoms with Gasteiger partial charge in [0.2, 0.25) is 0 Å². The zero-order chi connectivity index (χ0) is 13.9. The number of thiophene rings is 1. The molecule has 0 fully saturated rings. The molecule has 0 amide bonds. The van der Waals surface area contributed by atoms with E-state index in [0.717, 1.165) is 21.2 Å². The summed E-state index contributed by atoms with van der Waals surface area (Å²) in [5, 5.41) is 11.8. The van der Waals surface area contributed by atoms with E-state index in [-0.39, 0.29) is 0 Å². The highest BCUT2D eigenvalue weighted by atomic mass is 32.1. The minimum Gasteiger partial charge on any atom is -0.192 e. The van der Waals surface area contributed by atoms with Gasteiger partial charge in [-0.25, -0.2) is 0 Å². The average Bonchev–Trinajstić information content (AvgIpc) is 2.89. The van der Waals surface area contributed by atoms with E-state index in [9.17, 15) is 5.26 Å². The van der Waals surface area contributed by atoms with Crippen molar-refractivity contribution in [2.75, 3.05) is 0 Å². The van der Waals surface area contributed by atoms with Crippen LogP contribution in [0.2, 0.25) is 0 Å². The van der Waals surface area contributed by atoms with Crippen molar-refractivity contribution in [2.45, 2.75) is 6.92 Å². The topological polar surface area (TPSA) is 23.8 Å². The number of rotatable bonds is 2. The average molecular weight is 275 g/mol. The molecule has 2 heteroatoms. The predicted octanol–water partition coefficient (Wildman–Crippen LogP) is 5.27. The van der Waals surface area contributed by atoms with Crippen LogP contribution in [0.15, 0.2) is 54.6 Å². The Morgan fingerprint density at radius 2 is 1.85 bits per heavy atom. The molecule has 3 rings (SSSR count). The molecule has 2 aromatic carbocycles. The van der Waals surface area contributed by atoms with Gasteiger partial charge in [-0.2, -0.15) is 5.26 Å². The van der Waals surface area contributed by atoms with E-state index >= 15 is 0 Å². The van der Waals surface area contributed by atoms with E-state index in [4.69, 9.17) is 0 Å². The molecule has 1 aromatic heterocycles. The predicted molar refractivity (Wildman–Crippen MR) is 86.5 cm³/mol. The molecular weight excluding hydrogens is 262 g/mol. The third-order valence-electron chi connectivity index (χ3n) is 3.25. The van der Waals surface area contributed by atoms with Crippen molar-refractivity contribution in [3.8, 4) is 6.07 Å². The van der Waals surface area contributed by atoms with Crippen molar-refractivity contribution in [1.82, 2.24) is 0 Å². The standard InChI is InChI=1S/C18H13NS/c1-13-9-10-16(20-13)11-15(12-19)18-8-4-6-14-5-2-3-7-17(14)18/h2-11H,1H3/b15-11-. The van der Waals surface area contributed by atoms with Crippen molar-refractivity contribution >= 4 is 33.8 Å². The fourth-order valence-electron chi connectivity index (χ4n) is 2.30. The Hall–Kier alpha value is -2.37. The van der Waals surface area contributed by atoms with Crippen molar-refractivity contribution in [2.24, 2.45) is 0 Å². The molecule has 0 bridgehead atoms. The monoisotopic (exact) mass is 275 g/mol. The third kappa shape index (κ3) is 2.36. The Balaban J connectivity index is 2.18. The largest absolute Gasteiger partial charge is 0.192 e. The lowest BCUT2D eigenvalue weighted by molar-refractivity contribution is 1.53. The van der Waals surface area contributed by atoms with Crippen LogP contribution in [0, 0.1) is 18.3 Å². The fraction of sp³-hybridized carbons (Fsp3) is 0.0556. The molecular formula is C18H13NS. The first kappa shape index (κ1) is 12.7. The van der Waals surface area contributed by atoms with E-state index in [0.29, 0.717) is 5.57 Å². The van der Waals surface area contributed by atoms with Crippen molar-refractivity contribution in [3.63, 3.8) is 0 Å². The number of nitrogens with zero attached hydrogens (tertiary/aromatic N) is 1. The molecule has 20 heavy (non-hydrogen) atoms. The van der Waals surface area contributed by atoms with Crippen LogP contribution in [-0.2, 0) is 0 Å². The van der Waals surface area contributed by atoms with Gasteiger partial charge < -0.3 is 0 Å². The summed E-state index contributed by atoms with van der Waals surface area (Å²) in [5.74, 6) is 0. The van der Waals surface area contributed by atoms with Gasteiger partial charge in [0.1, 0.15) is 0 Å². The van der Waals surface area contributed by atoms with Crippen LogP contribution in [0.25, 0.3) is 22.4 Å². The van der Waals surface area contributed by atoms with Crippen molar-refractivity contribution in [3.05, 3.63) is 69.9 Å². The lowest BCUT2D eigenvalue weighted by Crippen LogP contribution is -1.84. The first-order valence-corrected chi connectivity index (χ1v) is 7.26. The summed E-state index contributed by atoms with van der Waals surface area (Å²) >= 11 is 1.70. The molecule has 1 heterocycles. The molecule has 0 N–H and O–H groups in total. The van der Waals surface area contributed by atoms with E-state index in [1.807, 2.05) is 30.3 Å². The van der Waals surface area contributed by atoms with Gasteiger partial charge in [-0.05, 0) is 35.9 Å². The Kier molecular flexibility index (Phi) is 3.37. The molecule has 3 aromatic rings. The number of hydrogen-bond donors (Lipinski definition) is 0. The third-order valence-corrected chi connectivity index (χ3v) is 4.20. The maximum absolute atomic E-state index is 9.49. The zero-order valence-electron chi connectivity index (χ0n) is 11.1. The summed E-state index contributed by atoms with van der Waals surface area (Å²) in [4.78, 5) is 2.37. The van der Waals surface area contributed by atoms with Gasteiger partial charge in [0, 0.05) is 15.3 Å². The molecule has 0 aliphatic carbocycles. The van der Waals surface area contributed by atoms with Crippen LogP contribution >= 0.6 is 11.3 Å². The Labute approximate surface area is 122 Å². The summed E-state index contributed by atoms with van der Waals surface area (Å²) < 4.78 is 0. The number of fused-ring (bicyclic) bond motifs is 1. The number of nitriles is 1. The maximum atomic E-state index is 9.49. The van der Waals surface area contributed by atoms with Gasteiger partial charge in [0.25, 0.3) is 0 Å². The molecule has 0 aliphatic rings. The Bertz CT molecular complexity index is 828. The summed E-state index contributed by atoms with van der Waals surface area (Å²) in [6, 6.07) is 20.7. The molecule has 1 nitrogen and oxygen atoms in total. The van der Waals surface area contributed by atoms with Crippen molar-refractivity contribution in [1.29, 1.82) is 5.26 Å². The lowest BCUT2D eigenvalue weighted by atomic mass is 9.98. The summed E-state index contributed by atoms with van der Waals surface area (Å²) in [6.45, 7) is 2.08. The maximum Gasteiger partial charge on any atom is 0.0998 e. The SMILES string of the molecule is Cc1ccc(/C=C(/C#N)c2cccc3ccccc23)s1. The number of hydrogen-bond acceptors (Lipinski definition) is 2. The van der Waals surface area contributed by atoms with Crippen LogP contribution in [0.4, 0.5) is 0 Å². The molecule has 0 unspecified atom stereocenters. The summed E-state index contributed by atoms with van der Waals surface area (Å²) in [6.07, 6.45) is 1.97. The molecule has 0 spiro atoms. The van der Waals surface area contributed by atoms with Gasteiger partial charge >= 0.3 is 0 Å². The first-order chi connectivity index (χ1) is 9.78. The normalized spacial score (nSPS) is 11.5. The fourth-order valence-corrected chi connectivity index (χ4v) is 3.12. The van der Waals surface area contributed by atoms with Crippen molar-refractivity contribution < 1.29 is 0 Å².